The summed E-state index contributed by atoms with van der Waals surface area (Å²) in [7, 11) is 1.68. The number of rotatable bonds is 4. The van der Waals surface area contributed by atoms with Crippen LogP contribution < -0.4 is 15.4 Å². The number of fused-ring (bicyclic) bond motifs is 1. The first-order chi connectivity index (χ1) is 16.4. The molecule has 2 aliphatic rings. The maximum Gasteiger partial charge on any atom is 0.153 e. The van der Waals surface area contributed by atoms with Gasteiger partial charge in [0.25, 0.3) is 0 Å². The van der Waals surface area contributed by atoms with Crippen LogP contribution in [-0.4, -0.2) is 40.3 Å². The van der Waals surface area contributed by atoms with Crippen molar-refractivity contribution in [2.45, 2.75) is 38.8 Å². The highest BCUT2D eigenvalue weighted by atomic mass is 35.5. The van der Waals surface area contributed by atoms with E-state index in [1.165, 1.54) is 11.1 Å². The molecule has 0 unspecified atom stereocenters. The van der Waals surface area contributed by atoms with Crippen LogP contribution in [-0.2, 0) is 13.0 Å². The van der Waals surface area contributed by atoms with Crippen molar-refractivity contribution in [2.75, 3.05) is 25.1 Å². The third kappa shape index (κ3) is 3.81. The van der Waals surface area contributed by atoms with Crippen molar-refractivity contribution in [1.29, 1.82) is 0 Å². The van der Waals surface area contributed by atoms with Crippen molar-refractivity contribution in [3.05, 3.63) is 63.2 Å². The molecule has 1 spiro atoms. The minimum atomic E-state index is -0.224. The van der Waals surface area contributed by atoms with Crippen molar-refractivity contribution >= 4 is 29.0 Å². The number of aliphatic hydroxyl groups excluding tert-OH is 1. The number of pyridine rings is 1. The van der Waals surface area contributed by atoms with E-state index in [-0.39, 0.29) is 23.2 Å². The number of ether oxygens (including phenoxy) is 1. The van der Waals surface area contributed by atoms with Crippen LogP contribution in [0.4, 0.5) is 5.82 Å². The molecule has 0 bridgehead atoms. The molecule has 34 heavy (non-hydrogen) atoms. The van der Waals surface area contributed by atoms with Gasteiger partial charge >= 0.3 is 0 Å². The predicted molar refractivity (Wildman–Crippen MR) is 133 cm³/mol. The lowest BCUT2D eigenvalue weighted by Crippen LogP contribution is -2.45. The molecule has 0 saturated carbocycles. The summed E-state index contributed by atoms with van der Waals surface area (Å²) in [5.41, 5.74) is 11.8. The number of halogens is 2. The van der Waals surface area contributed by atoms with E-state index in [1.54, 1.807) is 19.4 Å². The molecule has 5 rings (SSSR count). The quantitative estimate of drug-likeness (QED) is 0.510. The zero-order chi connectivity index (χ0) is 24.0. The van der Waals surface area contributed by atoms with Crippen LogP contribution in [0.3, 0.4) is 0 Å². The average Bonchev–Trinajstić information content (AvgIpc) is 3.12. The fraction of sp³-hybridized carbons (Fsp3) is 0.400. The summed E-state index contributed by atoms with van der Waals surface area (Å²) in [6.07, 6.45) is 4.42. The highest BCUT2D eigenvalue weighted by molar-refractivity contribution is 6.42. The van der Waals surface area contributed by atoms with Gasteiger partial charge in [0, 0.05) is 30.9 Å². The number of nitrogens with two attached hydrogens (primary N) is 1. The fourth-order valence-electron chi connectivity index (χ4n) is 5.38. The highest BCUT2D eigenvalue weighted by Crippen LogP contribution is 2.51. The number of piperidine rings is 1. The third-order valence-electron chi connectivity index (χ3n) is 7.32. The van der Waals surface area contributed by atoms with E-state index in [2.05, 4.69) is 22.0 Å². The maximum absolute atomic E-state index is 10.1. The number of aryl methyl sites for hydroxylation is 1. The first-order valence-electron chi connectivity index (χ1n) is 11.3. The van der Waals surface area contributed by atoms with Gasteiger partial charge in [-0.05, 0) is 60.9 Å². The third-order valence-corrected chi connectivity index (χ3v) is 8.09. The normalized spacial score (nSPS) is 18.9. The van der Waals surface area contributed by atoms with Gasteiger partial charge in [-0.15, -0.1) is 0 Å². The summed E-state index contributed by atoms with van der Waals surface area (Å²) in [5.74, 6) is 1.55. The molecule has 0 amide bonds. The molecule has 3 aromatic rings. The Balaban J connectivity index is 1.40. The summed E-state index contributed by atoms with van der Waals surface area (Å²) in [6.45, 7) is 3.25. The molecule has 9 heteroatoms. The number of aliphatic hydroxyl groups is 1. The second-order valence-electron chi connectivity index (χ2n) is 9.12. The second kappa shape index (κ2) is 8.96. The molecule has 1 aromatic carbocycles. The van der Waals surface area contributed by atoms with E-state index in [0.717, 1.165) is 38.1 Å². The van der Waals surface area contributed by atoms with Gasteiger partial charge in [0.05, 0.1) is 30.1 Å². The van der Waals surface area contributed by atoms with Gasteiger partial charge < -0.3 is 20.5 Å². The molecule has 0 radical (unpaired) electrons. The van der Waals surface area contributed by atoms with E-state index < -0.39 is 0 Å². The molecule has 178 valence electrons. The highest BCUT2D eigenvalue weighted by Gasteiger charge is 2.46. The Morgan fingerprint density at radius 1 is 1.21 bits per heavy atom. The van der Waals surface area contributed by atoms with Crippen LogP contribution in [0.1, 0.15) is 41.4 Å². The van der Waals surface area contributed by atoms with Crippen LogP contribution in [0, 0.1) is 12.3 Å². The van der Waals surface area contributed by atoms with Crippen molar-refractivity contribution < 1.29 is 9.84 Å². The van der Waals surface area contributed by atoms with Gasteiger partial charge in [-0.25, -0.2) is 15.0 Å². The molecule has 1 aliphatic heterocycles. The monoisotopic (exact) mass is 499 g/mol. The zero-order valence-corrected chi connectivity index (χ0v) is 20.7. The summed E-state index contributed by atoms with van der Waals surface area (Å²) in [4.78, 5) is 15.8. The van der Waals surface area contributed by atoms with Crippen LogP contribution in [0.15, 0.2) is 30.5 Å². The second-order valence-corrected chi connectivity index (χ2v) is 9.85. The van der Waals surface area contributed by atoms with E-state index in [4.69, 9.17) is 43.6 Å². The topological polar surface area (TPSA) is 97.4 Å². The lowest BCUT2D eigenvalue weighted by molar-refractivity contribution is 0.186. The van der Waals surface area contributed by atoms with Crippen LogP contribution >= 0.6 is 23.2 Å². The van der Waals surface area contributed by atoms with Crippen molar-refractivity contribution in [3.8, 4) is 17.0 Å². The molecular formula is C25H27Cl2N5O2. The number of methoxy groups -OCH3 is 1. The zero-order valence-electron chi connectivity index (χ0n) is 19.2. The number of anilines is 1. The summed E-state index contributed by atoms with van der Waals surface area (Å²) in [5, 5.41) is 10.7. The number of hydrogen-bond acceptors (Lipinski definition) is 7. The lowest BCUT2D eigenvalue weighted by atomic mass is 9.73. The van der Waals surface area contributed by atoms with Gasteiger partial charge in [-0.1, -0.05) is 29.3 Å². The Kier molecular flexibility index (Phi) is 6.14. The summed E-state index contributed by atoms with van der Waals surface area (Å²) >= 11 is 12.5. The number of aromatic nitrogens is 3. The Hall–Kier alpha value is -2.45. The Morgan fingerprint density at radius 2 is 1.97 bits per heavy atom. The SMILES string of the molecule is COc1ccc2c(c1)[C@@H](N)C1(CCN(c3nc(C)c(-c4ccnc(Cl)c4Cl)nc3CO)CC1)C2. The molecule has 1 atom stereocenters. The van der Waals surface area contributed by atoms with Gasteiger partial charge in [0.15, 0.2) is 5.82 Å². The number of benzene rings is 1. The standard InChI is InChI=1S/C25H27Cl2N5O2/c1-14-21(17-5-8-29-23(27)20(17)26)31-19(13-33)24(30-14)32-9-6-25(7-10-32)12-15-3-4-16(34-2)11-18(15)22(25)28/h3-5,8,11,22,33H,6-7,9-10,12-13,28H2,1-2H3/t22-/m1/s1. The number of nitrogens with zero attached hydrogens (tertiary/aromatic N) is 4. The molecule has 1 fully saturated rings. The Labute approximate surface area is 208 Å². The maximum atomic E-state index is 10.1. The minimum Gasteiger partial charge on any atom is -0.497 e. The average molecular weight is 500 g/mol. The van der Waals surface area contributed by atoms with E-state index >= 15 is 0 Å². The summed E-state index contributed by atoms with van der Waals surface area (Å²) in [6, 6.07) is 7.96. The van der Waals surface area contributed by atoms with Gasteiger partial charge in [-0.2, -0.15) is 0 Å². The van der Waals surface area contributed by atoms with Crippen LogP contribution in [0.5, 0.6) is 5.75 Å². The fourth-order valence-corrected chi connectivity index (χ4v) is 5.74. The van der Waals surface area contributed by atoms with Crippen LogP contribution in [0.2, 0.25) is 10.2 Å². The Morgan fingerprint density at radius 3 is 2.68 bits per heavy atom. The molecule has 3 N–H and O–H groups in total. The molecule has 7 nitrogen and oxygen atoms in total. The predicted octanol–water partition coefficient (Wildman–Crippen LogP) is 4.50. The summed E-state index contributed by atoms with van der Waals surface area (Å²) < 4.78 is 5.41. The van der Waals surface area contributed by atoms with Crippen molar-refractivity contribution in [3.63, 3.8) is 0 Å². The molecular weight excluding hydrogens is 473 g/mol. The van der Waals surface area contributed by atoms with Gasteiger partial charge in [-0.3, -0.25) is 0 Å². The van der Waals surface area contributed by atoms with E-state index in [0.29, 0.717) is 33.5 Å². The first kappa shape index (κ1) is 23.3. The van der Waals surface area contributed by atoms with Gasteiger partial charge in [0.2, 0.25) is 0 Å². The van der Waals surface area contributed by atoms with E-state index in [9.17, 15) is 5.11 Å². The van der Waals surface area contributed by atoms with Crippen molar-refractivity contribution in [1.82, 2.24) is 15.0 Å². The number of hydrogen-bond donors (Lipinski definition) is 2. The van der Waals surface area contributed by atoms with Crippen LogP contribution in [0.25, 0.3) is 11.3 Å². The van der Waals surface area contributed by atoms with Crippen molar-refractivity contribution in [2.24, 2.45) is 11.1 Å². The molecule has 3 heterocycles. The van der Waals surface area contributed by atoms with Gasteiger partial charge in [0.1, 0.15) is 16.6 Å². The molecule has 1 aliphatic carbocycles. The molecule has 2 aromatic heterocycles. The first-order valence-corrected chi connectivity index (χ1v) is 12.1. The minimum absolute atomic E-state index is 0.0221. The lowest BCUT2D eigenvalue weighted by Gasteiger charge is -2.43. The Bertz CT molecular complexity index is 1240. The molecule has 1 saturated heterocycles. The largest absolute Gasteiger partial charge is 0.497 e. The van der Waals surface area contributed by atoms with E-state index in [1.807, 2.05) is 13.0 Å². The smallest absolute Gasteiger partial charge is 0.153 e.